The van der Waals surface area contributed by atoms with Crippen LogP contribution in [0.5, 0.6) is 11.5 Å². The van der Waals surface area contributed by atoms with Gasteiger partial charge in [0, 0.05) is 41.6 Å². The van der Waals surface area contributed by atoms with Crippen LogP contribution in [0.4, 0.5) is 10.8 Å². The second-order valence-electron chi connectivity index (χ2n) is 7.29. The van der Waals surface area contributed by atoms with Crippen molar-refractivity contribution >= 4 is 45.7 Å². The number of aryl methyl sites for hydroxylation is 1. The Morgan fingerprint density at radius 2 is 1.94 bits per heavy atom. The van der Waals surface area contributed by atoms with Crippen molar-refractivity contribution in [2.24, 2.45) is 7.05 Å². The van der Waals surface area contributed by atoms with E-state index in [1.54, 1.807) is 30.5 Å². The minimum atomic E-state index is -0.283. The summed E-state index contributed by atoms with van der Waals surface area (Å²) in [7, 11) is 1.88. The third-order valence-corrected chi connectivity index (χ3v) is 6.75. The first kappa shape index (κ1) is 22.0. The lowest BCUT2D eigenvalue weighted by atomic mass is 10.1. The van der Waals surface area contributed by atoms with Crippen LogP contribution in [0.25, 0.3) is 11.3 Å². The van der Waals surface area contributed by atoms with Gasteiger partial charge in [0.2, 0.25) is 12.7 Å². The van der Waals surface area contributed by atoms with Crippen LogP contribution in [0.15, 0.2) is 65.4 Å². The Balaban J connectivity index is 1.16. The molecule has 1 aliphatic rings. The zero-order valence-corrected chi connectivity index (χ0v) is 19.6. The van der Waals surface area contributed by atoms with Crippen molar-refractivity contribution in [3.63, 3.8) is 0 Å². The van der Waals surface area contributed by atoms with Crippen molar-refractivity contribution in [2.75, 3.05) is 23.2 Å². The summed E-state index contributed by atoms with van der Waals surface area (Å²) in [6, 6.07) is 12.3. The van der Waals surface area contributed by atoms with Crippen LogP contribution in [0, 0.1) is 0 Å². The Morgan fingerprint density at radius 3 is 2.74 bits per heavy atom. The SMILES string of the molecule is Cn1ccnc1SCC(=O)Nc1ccc(C(=O)Nc2nc(-c3ccc4c(c3)OCO4)cs2)cc1. The number of fused-ring (bicyclic) bond motifs is 1. The molecule has 9 nitrogen and oxygen atoms in total. The molecule has 11 heteroatoms. The van der Waals surface area contributed by atoms with Crippen LogP contribution in [-0.2, 0) is 11.8 Å². The van der Waals surface area contributed by atoms with E-state index in [-0.39, 0.29) is 24.4 Å². The van der Waals surface area contributed by atoms with Gasteiger partial charge in [-0.3, -0.25) is 14.9 Å². The molecule has 0 unspecified atom stereocenters. The summed E-state index contributed by atoms with van der Waals surface area (Å²) in [5.41, 5.74) is 2.68. The monoisotopic (exact) mass is 493 g/mol. The Bertz CT molecular complexity index is 1350. The average Bonchev–Trinajstić information content (AvgIpc) is 3.59. The molecular formula is C23H19N5O4S2. The first-order chi connectivity index (χ1) is 16.5. The second-order valence-corrected chi connectivity index (χ2v) is 9.10. The van der Waals surface area contributed by atoms with Gasteiger partial charge in [0.1, 0.15) is 0 Å². The zero-order chi connectivity index (χ0) is 23.5. The smallest absolute Gasteiger partial charge is 0.257 e. The number of nitrogens with one attached hydrogen (secondary N) is 2. The molecule has 0 fully saturated rings. The fraction of sp³-hybridized carbons (Fsp3) is 0.130. The average molecular weight is 494 g/mol. The van der Waals surface area contributed by atoms with Crippen molar-refractivity contribution < 1.29 is 19.1 Å². The molecule has 2 aromatic heterocycles. The fourth-order valence-electron chi connectivity index (χ4n) is 3.21. The number of carbonyl (C=O) groups excluding carboxylic acids is 2. The molecule has 2 N–H and O–H groups in total. The normalized spacial score (nSPS) is 11.9. The minimum absolute atomic E-state index is 0.149. The highest BCUT2D eigenvalue weighted by molar-refractivity contribution is 7.99. The van der Waals surface area contributed by atoms with Gasteiger partial charge in [-0.05, 0) is 42.5 Å². The van der Waals surface area contributed by atoms with Crippen molar-refractivity contribution in [2.45, 2.75) is 5.16 Å². The summed E-state index contributed by atoms with van der Waals surface area (Å²) in [6.07, 6.45) is 3.52. The van der Waals surface area contributed by atoms with E-state index < -0.39 is 0 Å². The number of aromatic nitrogens is 3. The summed E-state index contributed by atoms with van der Waals surface area (Å²) in [4.78, 5) is 33.5. The molecule has 0 spiro atoms. The molecule has 0 aliphatic carbocycles. The quantitative estimate of drug-likeness (QED) is 0.371. The molecule has 34 heavy (non-hydrogen) atoms. The van der Waals surface area contributed by atoms with Crippen molar-refractivity contribution in [3.8, 4) is 22.8 Å². The number of rotatable bonds is 7. The van der Waals surface area contributed by atoms with E-state index in [1.807, 2.05) is 41.4 Å². The van der Waals surface area contributed by atoms with Crippen LogP contribution >= 0.6 is 23.1 Å². The lowest BCUT2D eigenvalue weighted by Crippen LogP contribution is -2.15. The molecule has 0 atom stereocenters. The largest absolute Gasteiger partial charge is 0.454 e. The standard InChI is InChI=1S/C23H19N5O4S2/c1-28-9-8-24-23(28)34-12-20(29)25-16-5-2-14(3-6-16)21(30)27-22-26-17(11-33-22)15-4-7-18-19(10-15)32-13-31-18/h2-11H,12-13H2,1H3,(H,25,29)(H,26,27,30). The molecule has 0 bridgehead atoms. The van der Waals surface area contributed by atoms with E-state index in [0.717, 1.165) is 16.4 Å². The molecule has 172 valence electrons. The molecule has 0 radical (unpaired) electrons. The molecule has 1 aliphatic heterocycles. The van der Waals surface area contributed by atoms with Crippen LogP contribution in [0.1, 0.15) is 10.4 Å². The number of amides is 2. The third kappa shape index (κ3) is 4.90. The Hall–Kier alpha value is -3.83. The van der Waals surface area contributed by atoms with Crippen molar-refractivity contribution in [1.82, 2.24) is 14.5 Å². The number of ether oxygens (including phenoxy) is 2. The van der Waals surface area contributed by atoms with Crippen LogP contribution in [-0.4, -0.2) is 38.9 Å². The van der Waals surface area contributed by atoms with Crippen LogP contribution in [0.3, 0.4) is 0 Å². The van der Waals surface area contributed by atoms with Gasteiger partial charge >= 0.3 is 0 Å². The predicted octanol–water partition coefficient (Wildman–Crippen LogP) is 4.26. The van der Waals surface area contributed by atoms with Gasteiger partial charge in [-0.15, -0.1) is 11.3 Å². The topological polar surface area (TPSA) is 107 Å². The van der Waals surface area contributed by atoms with Gasteiger partial charge < -0.3 is 19.4 Å². The molecule has 4 aromatic rings. The molecule has 0 saturated carbocycles. The van der Waals surface area contributed by atoms with E-state index in [4.69, 9.17) is 9.47 Å². The molecule has 2 aromatic carbocycles. The first-order valence-electron chi connectivity index (χ1n) is 10.2. The predicted molar refractivity (Wildman–Crippen MR) is 131 cm³/mol. The Kier molecular flexibility index (Phi) is 6.19. The highest BCUT2D eigenvalue weighted by Crippen LogP contribution is 2.36. The maximum absolute atomic E-state index is 12.6. The van der Waals surface area contributed by atoms with E-state index in [9.17, 15) is 9.59 Å². The highest BCUT2D eigenvalue weighted by Gasteiger charge is 2.16. The highest BCUT2D eigenvalue weighted by atomic mass is 32.2. The van der Waals surface area contributed by atoms with Crippen LogP contribution < -0.4 is 20.1 Å². The first-order valence-corrected chi connectivity index (χ1v) is 12.1. The summed E-state index contributed by atoms with van der Waals surface area (Å²) in [5, 5.41) is 8.76. The maximum atomic E-state index is 12.6. The van der Waals surface area contributed by atoms with Gasteiger partial charge in [0.05, 0.1) is 11.4 Å². The number of carbonyl (C=O) groups is 2. The summed E-state index contributed by atoms with van der Waals surface area (Å²) in [5.74, 6) is 1.19. The summed E-state index contributed by atoms with van der Waals surface area (Å²) in [6.45, 7) is 0.212. The number of hydrogen-bond donors (Lipinski definition) is 2. The number of benzene rings is 2. The number of nitrogens with zero attached hydrogens (tertiary/aromatic N) is 3. The Labute approximate surface area is 203 Å². The third-order valence-electron chi connectivity index (χ3n) is 4.93. The van der Waals surface area contributed by atoms with Crippen molar-refractivity contribution in [1.29, 1.82) is 0 Å². The number of hydrogen-bond acceptors (Lipinski definition) is 8. The number of anilines is 2. The number of thiazole rings is 1. The number of thioether (sulfide) groups is 1. The molecule has 0 saturated heterocycles. The van der Waals surface area contributed by atoms with Gasteiger partial charge in [-0.25, -0.2) is 9.97 Å². The maximum Gasteiger partial charge on any atom is 0.257 e. The van der Waals surface area contributed by atoms with Gasteiger partial charge in [-0.1, -0.05) is 11.8 Å². The summed E-state index contributed by atoms with van der Waals surface area (Å²) < 4.78 is 12.6. The lowest BCUT2D eigenvalue weighted by Gasteiger charge is -2.07. The Morgan fingerprint density at radius 1 is 1.12 bits per heavy atom. The van der Waals surface area contributed by atoms with Gasteiger partial charge in [0.25, 0.3) is 5.91 Å². The molecule has 3 heterocycles. The molecule has 5 rings (SSSR count). The van der Waals surface area contributed by atoms with E-state index in [1.165, 1.54) is 23.1 Å². The second kappa shape index (κ2) is 9.57. The minimum Gasteiger partial charge on any atom is -0.454 e. The zero-order valence-electron chi connectivity index (χ0n) is 18.0. The molecular weight excluding hydrogens is 474 g/mol. The molecule has 2 amide bonds. The van der Waals surface area contributed by atoms with E-state index in [0.29, 0.717) is 27.9 Å². The van der Waals surface area contributed by atoms with Gasteiger partial charge in [0.15, 0.2) is 21.8 Å². The van der Waals surface area contributed by atoms with Crippen LogP contribution in [0.2, 0.25) is 0 Å². The fourth-order valence-corrected chi connectivity index (χ4v) is 4.66. The van der Waals surface area contributed by atoms with E-state index >= 15 is 0 Å². The summed E-state index contributed by atoms with van der Waals surface area (Å²) >= 11 is 2.69. The van der Waals surface area contributed by atoms with Gasteiger partial charge in [-0.2, -0.15) is 0 Å². The number of imidazole rings is 1. The van der Waals surface area contributed by atoms with Crippen molar-refractivity contribution in [3.05, 3.63) is 65.8 Å². The lowest BCUT2D eigenvalue weighted by molar-refractivity contribution is -0.113. The van der Waals surface area contributed by atoms with E-state index in [2.05, 4.69) is 20.6 Å².